The van der Waals surface area contributed by atoms with Gasteiger partial charge in [0.15, 0.2) is 0 Å². The quantitative estimate of drug-likeness (QED) is 0.689. The molecule has 1 fully saturated rings. The average molecular weight is 467 g/mol. The van der Waals surface area contributed by atoms with Crippen LogP contribution < -0.4 is 5.73 Å². The van der Waals surface area contributed by atoms with Crippen LogP contribution in [0.4, 0.5) is 5.69 Å². The maximum absolute atomic E-state index is 12.7. The summed E-state index contributed by atoms with van der Waals surface area (Å²) in [5.41, 5.74) is 8.17. The lowest BCUT2D eigenvalue weighted by Crippen LogP contribution is -2.48. The van der Waals surface area contributed by atoms with Crippen molar-refractivity contribution in [1.82, 2.24) is 9.80 Å². The van der Waals surface area contributed by atoms with E-state index in [9.17, 15) is 4.79 Å². The molecule has 138 valence electrons. The molecule has 2 heterocycles. The standard InChI is InChI=1S/C17H20BrN3OS.2ClH/c1-12-2-3-13(19)10-15(12)17(22)21-8-6-20(7-9-21)11-14-4-5-16(18)23-14;;/h2-5,10H,6-9,11,19H2,1H3;2*1H. The Bertz CT molecular complexity index is 718. The second-order valence-corrected chi connectivity index (χ2v) is 8.40. The van der Waals surface area contributed by atoms with E-state index in [0.717, 1.165) is 43.9 Å². The van der Waals surface area contributed by atoms with E-state index < -0.39 is 0 Å². The summed E-state index contributed by atoms with van der Waals surface area (Å²) >= 11 is 5.27. The predicted molar refractivity (Wildman–Crippen MR) is 113 cm³/mol. The van der Waals surface area contributed by atoms with E-state index in [2.05, 4.69) is 33.0 Å². The lowest BCUT2D eigenvalue weighted by molar-refractivity contribution is 0.0629. The van der Waals surface area contributed by atoms with Gasteiger partial charge in [-0.05, 0) is 52.7 Å². The van der Waals surface area contributed by atoms with Gasteiger partial charge in [-0.15, -0.1) is 36.2 Å². The van der Waals surface area contributed by atoms with Gasteiger partial charge in [-0.25, -0.2) is 0 Å². The largest absolute Gasteiger partial charge is 0.399 e. The smallest absolute Gasteiger partial charge is 0.254 e. The molecule has 1 amide bonds. The molecule has 8 heteroatoms. The van der Waals surface area contributed by atoms with Crippen LogP contribution in [0.1, 0.15) is 20.8 Å². The molecule has 0 bridgehead atoms. The Hall–Kier alpha value is -0.790. The number of piperazine rings is 1. The third-order valence-corrected chi connectivity index (χ3v) is 5.77. The summed E-state index contributed by atoms with van der Waals surface area (Å²) in [6, 6.07) is 9.77. The lowest BCUT2D eigenvalue weighted by Gasteiger charge is -2.34. The van der Waals surface area contributed by atoms with Gasteiger partial charge in [-0.1, -0.05) is 6.07 Å². The normalized spacial score (nSPS) is 14.6. The van der Waals surface area contributed by atoms with Gasteiger partial charge in [-0.2, -0.15) is 0 Å². The van der Waals surface area contributed by atoms with E-state index in [1.54, 1.807) is 17.4 Å². The Morgan fingerprint density at radius 3 is 2.44 bits per heavy atom. The zero-order chi connectivity index (χ0) is 16.4. The Labute approximate surface area is 173 Å². The maximum Gasteiger partial charge on any atom is 0.254 e. The lowest BCUT2D eigenvalue weighted by atomic mass is 10.1. The van der Waals surface area contributed by atoms with Crippen LogP contribution in [0.25, 0.3) is 0 Å². The molecule has 0 unspecified atom stereocenters. The number of hydrogen-bond donors (Lipinski definition) is 1. The van der Waals surface area contributed by atoms with Gasteiger partial charge in [0, 0.05) is 48.9 Å². The number of benzene rings is 1. The van der Waals surface area contributed by atoms with Crippen LogP contribution in [0.2, 0.25) is 0 Å². The van der Waals surface area contributed by atoms with Crippen molar-refractivity contribution in [1.29, 1.82) is 0 Å². The van der Waals surface area contributed by atoms with Crippen LogP contribution in [0.15, 0.2) is 34.1 Å². The minimum Gasteiger partial charge on any atom is -0.399 e. The number of thiophene rings is 1. The Kier molecular flexibility index (Phi) is 8.71. The SMILES string of the molecule is Cc1ccc(N)cc1C(=O)N1CCN(Cc2ccc(Br)s2)CC1.Cl.Cl. The highest BCUT2D eigenvalue weighted by atomic mass is 79.9. The van der Waals surface area contributed by atoms with Crippen LogP contribution in [0.5, 0.6) is 0 Å². The Balaban J connectivity index is 0.00000156. The molecular weight excluding hydrogens is 445 g/mol. The van der Waals surface area contributed by atoms with E-state index in [0.29, 0.717) is 5.69 Å². The zero-order valence-corrected chi connectivity index (χ0v) is 17.9. The van der Waals surface area contributed by atoms with Crippen molar-refractivity contribution in [3.63, 3.8) is 0 Å². The molecule has 1 saturated heterocycles. The molecule has 0 radical (unpaired) electrons. The summed E-state index contributed by atoms with van der Waals surface area (Å²) in [7, 11) is 0. The number of carbonyl (C=O) groups is 1. The molecule has 1 aliphatic heterocycles. The molecule has 0 saturated carbocycles. The van der Waals surface area contributed by atoms with Crippen molar-refractivity contribution in [3.05, 3.63) is 50.1 Å². The van der Waals surface area contributed by atoms with Crippen LogP contribution >= 0.6 is 52.1 Å². The van der Waals surface area contributed by atoms with Crippen LogP contribution in [0, 0.1) is 6.92 Å². The highest BCUT2D eigenvalue weighted by Crippen LogP contribution is 2.24. The van der Waals surface area contributed by atoms with E-state index >= 15 is 0 Å². The summed E-state index contributed by atoms with van der Waals surface area (Å²) in [5, 5.41) is 0. The van der Waals surface area contributed by atoms with Crippen molar-refractivity contribution in [3.8, 4) is 0 Å². The van der Waals surface area contributed by atoms with Crippen molar-refractivity contribution in [2.24, 2.45) is 0 Å². The second-order valence-electron chi connectivity index (χ2n) is 5.85. The van der Waals surface area contributed by atoms with E-state index in [1.807, 2.05) is 24.0 Å². The first-order chi connectivity index (χ1) is 11.0. The molecule has 0 aliphatic carbocycles. The Morgan fingerprint density at radius 1 is 1.16 bits per heavy atom. The molecule has 1 aromatic heterocycles. The third kappa shape index (κ3) is 5.59. The maximum atomic E-state index is 12.7. The van der Waals surface area contributed by atoms with Gasteiger partial charge in [0.05, 0.1) is 3.79 Å². The third-order valence-electron chi connectivity index (χ3n) is 4.16. The van der Waals surface area contributed by atoms with E-state index in [4.69, 9.17) is 5.73 Å². The Morgan fingerprint density at radius 2 is 1.84 bits per heavy atom. The second kappa shape index (κ2) is 9.78. The number of rotatable bonds is 3. The number of carbonyl (C=O) groups excluding carboxylic acids is 1. The zero-order valence-electron chi connectivity index (χ0n) is 13.9. The van der Waals surface area contributed by atoms with Gasteiger partial charge < -0.3 is 10.6 Å². The van der Waals surface area contributed by atoms with Crippen LogP contribution in [-0.4, -0.2) is 41.9 Å². The van der Waals surface area contributed by atoms with Gasteiger partial charge in [-0.3, -0.25) is 9.69 Å². The molecule has 2 aromatic rings. The molecule has 0 atom stereocenters. The van der Waals surface area contributed by atoms with Crippen LogP contribution in [-0.2, 0) is 6.54 Å². The minimum absolute atomic E-state index is 0. The van der Waals surface area contributed by atoms with Gasteiger partial charge >= 0.3 is 0 Å². The molecule has 2 N–H and O–H groups in total. The predicted octanol–water partition coefficient (Wildman–Crippen LogP) is 4.20. The molecule has 0 spiro atoms. The fraction of sp³-hybridized carbons (Fsp3) is 0.353. The van der Waals surface area contributed by atoms with Gasteiger partial charge in [0.25, 0.3) is 5.91 Å². The first kappa shape index (κ1) is 22.3. The van der Waals surface area contributed by atoms with Gasteiger partial charge in [0.1, 0.15) is 0 Å². The fourth-order valence-corrected chi connectivity index (χ4v) is 4.33. The monoisotopic (exact) mass is 465 g/mol. The molecule has 4 nitrogen and oxygen atoms in total. The molecule has 1 aromatic carbocycles. The summed E-state index contributed by atoms with van der Waals surface area (Å²) < 4.78 is 1.17. The summed E-state index contributed by atoms with van der Waals surface area (Å²) in [6.45, 7) is 6.25. The topological polar surface area (TPSA) is 49.6 Å². The number of nitrogens with zero attached hydrogens (tertiary/aromatic N) is 2. The number of nitrogen functional groups attached to an aromatic ring is 1. The summed E-state index contributed by atoms with van der Waals surface area (Å²) in [6.07, 6.45) is 0. The summed E-state index contributed by atoms with van der Waals surface area (Å²) in [4.78, 5) is 18.4. The number of anilines is 1. The highest BCUT2D eigenvalue weighted by molar-refractivity contribution is 9.11. The number of aryl methyl sites for hydroxylation is 1. The first-order valence-electron chi connectivity index (χ1n) is 7.65. The summed E-state index contributed by atoms with van der Waals surface area (Å²) in [5.74, 6) is 0.0910. The number of nitrogens with two attached hydrogens (primary N) is 1. The van der Waals surface area contributed by atoms with Crippen molar-refractivity contribution in [2.75, 3.05) is 31.9 Å². The van der Waals surface area contributed by atoms with Crippen molar-refractivity contribution < 1.29 is 4.79 Å². The fourth-order valence-electron chi connectivity index (χ4n) is 2.81. The molecular formula is C17H22BrCl2N3OS. The molecule has 25 heavy (non-hydrogen) atoms. The van der Waals surface area contributed by atoms with Crippen LogP contribution in [0.3, 0.4) is 0 Å². The highest BCUT2D eigenvalue weighted by Gasteiger charge is 2.23. The number of halogens is 3. The molecule has 1 aliphatic rings. The molecule has 3 rings (SSSR count). The van der Waals surface area contributed by atoms with E-state index in [1.165, 1.54) is 8.66 Å². The van der Waals surface area contributed by atoms with E-state index in [-0.39, 0.29) is 30.7 Å². The van der Waals surface area contributed by atoms with Gasteiger partial charge in [0.2, 0.25) is 0 Å². The first-order valence-corrected chi connectivity index (χ1v) is 9.26. The van der Waals surface area contributed by atoms with Crippen molar-refractivity contribution >= 4 is 63.7 Å². The number of hydrogen-bond acceptors (Lipinski definition) is 4. The van der Waals surface area contributed by atoms with Crippen molar-refractivity contribution in [2.45, 2.75) is 13.5 Å². The average Bonchev–Trinajstić information content (AvgIpc) is 2.95. The number of amides is 1. The minimum atomic E-state index is 0.